The summed E-state index contributed by atoms with van der Waals surface area (Å²) in [5, 5.41) is 15.7. The molecule has 0 rings (SSSR count). The molecule has 0 radical (unpaired) electrons. The molecule has 0 aromatic heterocycles. The van der Waals surface area contributed by atoms with Crippen LogP contribution in [0.15, 0.2) is 0 Å². The van der Waals surface area contributed by atoms with Gasteiger partial charge in [-0.1, -0.05) is 0 Å². The van der Waals surface area contributed by atoms with Crippen LogP contribution in [0.2, 0.25) is 0 Å². The number of rotatable bonds is 1. The topological polar surface area (TPSA) is 66.5 Å². The van der Waals surface area contributed by atoms with E-state index in [1.165, 1.54) is 0 Å². The van der Waals surface area contributed by atoms with Gasteiger partial charge in [-0.15, -0.1) is 0 Å². The van der Waals surface area contributed by atoms with E-state index in [0.29, 0.717) is 0 Å². The molecule has 0 saturated heterocycles. The molecule has 0 aromatic rings. The van der Waals surface area contributed by atoms with Gasteiger partial charge in [0.1, 0.15) is 6.23 Å². The minimum Gasteiger partial charge on any atom is -0.392 e. The zero-order valence-corrected chi connectivity index (χ0v) is 2.76. The summed E-state index contributed by atoms with van der Waals surface area (Å²) in [5.41, 5.74) is 4.60. The van der Waals surface area contributed by atoms with Gasteiger partial charge >= 0.3 is 0 Å². The van der Waals surface area contributed by atoms with Gasteiger partial charge in [-0.2, -0.15) is 0 Å². The summed E-state index contributed by atoms with van der Waals surface area (Å²) in [5.74, 6) is 0. The Bertz CT molecular complexity index is 21.6. The molecular weight excluding hydrogens is 70.0 g/mol. The molecule has 3 nitrogen and oxygen atoms in total. The van der Waals surface area contributed by atoms with Crippen molar-refractivity contribution in [3.63, 3.8) is 0 Å². The Morgan fingerprint density at radius 2 is 2.00 bits per heavy atom. The molecular formula is C2H7NO2. The Hall–Kier alpha value is -0.120. The highest BCUT2D eigenvalue weighted by Crippen LogP contribution is 1.55. The highest BCUT2D eigenvalue weighted by Gasteiger charge is 1.83. The lowest BCUT2D eigenvalue weighted by atomic mass is 10.7. The predicted octanol–water partition coefficient (Wildman–Crippen LogP) is -1.74. The zero-order valence-electron chi connectivity index (χ0n) is 2.76. The molecule has 0 unspecified atom stereocenters. The molecule has 4 N–H and O–H groups in total. The van der Waals surface area contributed by atoms with Crippen molar-refractivity contribution in [1.82, 2.24) is 0 Å². The summed E-state index contributed by atoms with van der Waals surface area (Å²) in [7, 11) is 0. The Labute approximate surface area is 30.0 Å². The van der Waals surface area contributed by atoms with Crippen LogP contribution in [0.5, 0.6) is 0 Å². The summed E-state index contributed by atoms with van der Waals surface area (Å²) in [6.07, 6.45) is -1.06. The summed E-state index contributed by atoms with van der Waals surface area (Å²) >= 11 is 0. The van der Waals surface area contributed by atoms with Crippen LogP contribution >= 0.6 is 0 Å². The Morgan fingerprint density at radius 3 is 2.00 bits per heavy atom. The normalized spacial score (nSPS) is 15.0. The summed E-state index contributed by atoms with van der Waals surface area (Å²) < 4.78 is 0. The van der Waals surface area contributed by atoms with E-state index in [2.05, 4.69) is 5.73 Å². The van der Waals surface area contributed by atoms with Gasteiger partial charge in [-0.05, 0) is 0 Å². The standard InChI is InChI=1S/C2H7NO2/c3-2(5)1-4/h2,4-5H,1,3H2/t2-/m0/s1. The third-order valence-corrected chi connectivity index (χ3v) is 0.187. The van der Waals surface area contributed by atoms with Gasteiger partial charge in [0.05, 0.1) is 6.61 Å². The van der Waals surface area contributed by atoms with Crippen molar-refractivity contribution in [2.75, 3.05) is 6.61 Å². The highest BCUT2D eigenvalue weighted by molar-refractivity contribution is 4.30. The summed E-state index contributed by atoms with van der Waals surface area (Å²) in [6, 6.07) is 0. The first-order chi connectivity index (χ1) is 2.27. The number of aliphatic hydroxyl groups is 2. The van der Waals surface area contributed by atoms with Gasteiger partial charge in [0.25, 0.3) is 0 Å². The van der Waals surface area contributed by atoms with Crippen LogP contribution in [0.25, 0.3) is 0 Å². The fraction of sp³-hybridized carbons (Fsp3) is 1.00. The molecule has 0 amide bonds. The Kier molecular flexibility index (Phi) is 2.09. The fourth-order valence-corrected chi connectivity index (χ4v) is 0. The SMILES string of the molecule is N[C@@H](O)CO. The zero-order chi connectivity index (χ0) is 4.28. The van der Waals surface area contributed by atoms with Gasteiger partial charge < -0.3 is 15.9 Å². The molecule has 0 fully saturated rings. The monoisotopic (exact) mass is 77.0 g/mol. The number of aliphatic hydroxyl groups excluding tert-OH is 2. The second kappa shape index (κ2) is 2.14. The van der Waals surface area contributed by atoms with Crippen molar-refractivity contribution < 1.29 is 10.2 Å². The summed E-state index contributed by atoms with van der Waals surface area (Å²) in [4.78, 5) is 0. The molecule has 32 valence electrons. The van der Waals surface area contributed by atoms with E-state index < -0.39 is 6.23 Å². The average Bonchev–Trinajstić information content (AvgIpc) is 1.38. The van der Waals surface area contributed by atoms with Crippen LogP contribution in [-0.4, -0.2) is 23.0 Å². The van der Waals surface area contributed by atoms with E-state index in [1.807, 2.05) is 0 Å². The van der Waals surface area contributed by atoms with Crippen LogP contribution in [-0.2, 0) is 0 Å². The third-order valence-electron chi connectivity index (χ3n) is 0.187. The second-order valence-electron chi connectivity index (χ2n) is 0.750. The molecule has 0 aromatic carbocycles. The van der Waals surface area contributed by atoms with Crippen molar-refractivity contribution in [2.45, 2.75) is 6.23 Å². The number of hydrogen-bond acceptors (Lipinski definition) is 3. The van der Waals surface area contributed by atoms with Crippen molar-refractivity contribution in [2.24, 2.45) is 5.73 Å². The molecule has 0 aliphatic carbocycles. The predicted molar refractivity (Wildman–Crippen MR) is 17.3 cm³/mol. The lowest BCUT2D eigenvalue weighted by molar-refractivity contribution is 0.101. The van der Waals surface area contributed by atoms with Crippen molar-refractivity contribution in [3.8, 4) is 0 Å². The maximum absolute atomic E-state index is 7.89. The molecule has 0 spiro atoms. The maximum atomic E-state index is 7.89. The van der Waals surface area contributed by atoms with Crippen LogP contribution < -0.4 is 5.73 Å². The largest absolute Gasteiger partial charge is 0.392 e. The lowest BCUT2D eigenvalue weighted by Gasteiger charge is -1.91. The van der Waals surface area contributed by atoms with Crippen LogP contribution in [0, 0.1) is 0 Å². The van der Waals surface area contributed by atoms with Gasteiger partial charge in [0, 0.05) is 0 Å². The average molecular weight is 77.1 g/mol. The molecule has 0 aliphatic heterocycles. The van der Waals surface area contributed by atoms with E-state index in [9.17, 15) is 0 Å². The molecule has 0 heterocycles. The van der Waals surface area contributed by atoms with E-state index in [1.54, 1.807) is 0 Å². The number of hydrogen-bond donors (Lipinski definition) is 3. The van der Waals surface area contributed by atoms with Gasteiger partial charge in [0.15, 0.2) is 0 Å². The number of nitrogens with two attached hydrogens (primary N) is 1. The minimum absolute atomic E-state index is 0.361. The first kappa shape index (κ1) is 4.88. The fourth-order valence-electron chi connectivity index (χ4n) is 0. The summed E-state index contributed by atoms with van der Waals surface area (Å²) in [6.45, 7) is -0.361. The molecule has 3 heteroatoms. The maximum Gasteiger partial charge on any atom is 0.125 e. The van der Waals surface area contributed by atoms with Crippen molar-refractivity contribution in [3.05, 3.63) is 0 Å². The lowest BCUT2D eigenvalue weighted by Crippen LogP contribution is -2.22. The van der Waals surface area contributed by atoms with Gasteiger partial charge in [-0.25, -0.2) is 0 Å². The Balaban J connectivity index is 2.54. The smallest absolute Gasteiger partial charge is 0.125 e. The third kappa shape index (κ3) is 3.88. The molecule has 0 aliphatic rings. The van der Waals surface area contributed by atoms with Gasteiger partial charge in [-0.3, -0.25) is 0 Å². The van der Waals surface area contributed by atoms with E-state index >= 15 is 0 Å². The molecule has 0 bridgehead atoms. The first-order valence-electron chi connectivity index (χ1n) is 1.32. The van der Waals surface area contributed by atoms with Crippen LogP contribution in [0.1, 0.15) is 0 Å². The molecule has 0 saturated carbocycles. The van der Waals surface area contributed by atoms with Crippen LogP contribution in [0.4, 0.5) is 0 Å². The van der Waals surface area contributed by atoms with Gasteiger partial charge in [0.2, 0.25) is 0 Å². The first-order valence-corrected chi connectivity index (χ1v) is 1.32. The highest BCUT2D eigenvalue weighted by atomic mass is 16.3. The Morgan fingerprint density at radius 1 is 1.80 bits per heavy atom. The minimum atomic E-state index is -1.06. The quantitative estimate of drug-likeness (QED) is 0.325. The van der Waals surface area contributed by atoms with E-state index in [0.717, 1.165) is 0 Å². The molecule has 5 heavy (non-hydrogen) atoms. The van der Waals surface area contributed by atoms with E-state index in [4.69, 9.17) is 10.2 Å². The molecule has 1 atom stereocenters. The second-order valence-corrected chi connectivity index (χ2v) is 0.750. The van der Waals surface area contributed by atoms with Crippen molar-refractivity contribution in [1.29, 1.82) is 0 Å². The van der Waals surface area contributed by atoms with Crippen molar-refractivity contribution >= 4 is 0 Å². The van der Waals surface area contributed by atoms with E-state index in [-0.39, 0.29) is 6.61 Å². The van der Waals surface area contributed by atoms with Crippen LogP contribution in [0.3, 0.4) is 0 Å².